The summed E-state index contributed by atoms with van der Waals surface area (Å²) >= 11 is 1.47. The molecule has 1 fully saturated rings. The van der Waals surface area contributed by atoms with Crippen molar-refractivity contribution < 1.29 is 17.9 Å². The van der Waals surface area contributed by atoms with Crippen LogP contribution in [0.15, 0.2) is 48.5 Å². The third-order valence-electron chi connectivity index (χ3n) is 5.61. The van der Waals surface area contributed by atoms with Gasteiger partial charge in [0.1, 0.15) is 5.75 Å². The lowest BCUT2D eigenvalue weighted by molar-refractivity contribution is -0.123. The van der Waals surface area contributed by atoms with Crippen molar-refractivity contribution in [1.29, 1.82) is 0 Å². The van der Waals surface area contributed by atoms with Gasteiger partial charge >= 0.3 is 0 Å². The van der Waals surface area contributed by atoms with E-state index in [4.69, 9.17) is 9.72 Å². The van der Waals surface area contributed by atoms with Crippen LogP contribution in [0.4, 0.5) is 5.13 Å². The number of hydrogen-bond acceptors (Lipinski definition) is 6. The van der Waals surface area contributed by atoms with Crippen LogP contribution in [0.3, 0.4) is 0 Å². The van der Waals surface area contributed by atoms with E-state index in [0.717, 1.165) is 21.5 Å². The molecule has 0 N–H and O–H groups in total. The number of thiazole rings is 1. The highest BCUT2D eigenvalue weighted by Gasteiger charge is 2.33. The first-order valence-electron chi connectivity index (χ1n) is 10.7. The second kappa shape index (κ2) is 9.56. The molecular weight excluding hydrogens is 446 g/mol. The van der Waals surface area contributed by atoms with Crippen LogP contribution in [0, 0.1) is 5.92 Å². The number of amides is 1. The number of ether oxygens (including phenoxy) is 1. The molecule has 0 radical (unpaired) electrons. The molecule has 0 saturated carbocycles. The van der Waals surface area contributed by atoms with E-state index in [0.29, 0.717) is 44.2 Å². The van der Waals surface area contributed by atoms with Crippen LogP contribution in [-0.2, 0) is 21.4 Å². The van der Waals surface area contributed by atoms with Crippen molar-refractivity contribution in [1.82, 2.24) is 9.29 Å². The van der Waals surface area contributed by atoms with Crippen molar-refractivity contribution in [2.75, 3.05) is 30.9 Å². The number of carbonyl (C=O) groups excluding carboxylic acids is 1. The van der Waals surface area contributed by atoms with Crippen molar-refractivity contribution in [3.8, 4) is 5.75 Å². The first-order chi connectivity index (χ1) is 15.3. The molecule has 9 heteroatoms. The number of sulfonamides is 1. The molecule has 0 atom stereocenters. The van der Waals surface area contributed by atoms with Gasteiger partial charge in [0.05, 0.1) is 29.6 Å². The van der Waals surface area contributed by atoms with Gasteiger partial charge < -0.3 is 4.74 Å². The summed E-state index contributed by atoms with van der Waals surface area (Å²) in [6, 6.07) is 15.6. The molecule has 4 rings (SSSR count). The summed E-state index contributed by atoms with van der Waals surface area (Å²) in [4.78, 5) is 20.1. The van der Waals surface area contributed by atoms with Crippen molar-refractivity contribution in [3.05, 3.63) is 54.1 Å². The van der Waals surface area contributed by atoms with Crippen molar-refractivity contribution in [2.45, 2.75) is 26.3 Å². The van der Waals surface area contributed by atoms with Gasteiger partial charge in [0.2, 0.25) is 15.9 Å². The summed E-state index contributed by atoms with van der Waals surface area (Å²) in [5.41, 5.74) is 1.84. The van der Waals surface area contributed by atoms with Crippen molar-refractivity contribution in [2.24, 2.45) is 5.92 Å². The molecule has 1 amide bonds. The Morgan fingerprint density at radius 2 is 1.91 bits per heavy atom. The zero-order valence-electron chi connectivity index (χ0n) is 18.2. The van der Waals surface area contributed by atoms with Crippen molar-refractivity contribution >= 4 is 42.6 Å². The maximum absolute atomic E-state index is 13.6. The Hall–Kier alpha value is -2.49. The maximum Gasteiger partial charge on any atom is 0.232 e. The Balaban J connectivity index is 1.62. The molecule has 2 heterocycles. The summed E-state index contributed by atoms with van der Waals surface area (Å²) in [5.74, 6) is 0.540. The summed E-state index contributed by atoms with van der Waals surface area (Å²) in [6.07, 6.45) is 2.24. The summed E-state index contributed by atoms with van der Waals surface area (Å²) < 4.78 is 31.7. The maximum atomic E-state index is 13.6. The first kappa shape index (κ1) is 22.7. The van der Waals surface area contributed by atoms with Crippen LogP contribution in [0.25, 0.3) is 10.2 Å². The zero-order chi connectivity index (χ0) is 22.7. The fourth-order valence-corrected chi connectivity index (χ4v) is 5.80. The molecule has 1 saturated heterocycles. The summed E-state index contributed by atoms with van der Waals surface area (Å²) in [6.45, 7) is 3.68. The number of benzene rings is 2. The highest BCUT2D eigenvalue weighted by atomic mass is 32.2. The van der Waals surface area contributed by atoms with Crippen molar-refractivity contribution in [3.63, 3.8) is 0 Å². The van der Waals surface area contributed by atoms with Gasteiger partial charge in [-0.15, -0.1) is 0 Å². The fourth-order valence-electron chi connectivity index (χ4n) is 3.93. The molecule has 170 valence electrons. The van der Waals surface area contributed by atoms with E-state index in [9.17, 15) is 13.2 Å². The van der Waals surface area contributed by atoms with Gasteiger partial charge in [0.15, 0.2) is 5.13 Å². The Labute approximate surface area is 192 Å². The number of piperidine rings is 1. The lowest BCUT2D eigenvalue weighted by atomic mass is 9.96. The number of nitrogens with zero attached hydrogens (tertiary/aromatic N) is 3. The third-order valence-corrected chi connectivity index (χ3v) is 7.96. The van der Waals surface area contributed by atoms with Crippen LogP contribution in [0.1, 0.15) is 25.3 Å². The second-order valence-electron chi connectivity index (χ2n) is 7.91. The highest BCUT2D eigenvalue weighted by molar-refractivity contribution is 7.88. The minimum absolute atomic E-state index is 0.00825. The van der Waals surface area contributed by atoms with Crippen LogP contribution in [0.5, 0.6) is 5.75 Å². The smallest absolute Gasteiger partial charge is 0.232 e. The summed E-state index contributed by atoms with van der Waals surface area (Å²) in [5, 5.41) is 0.646. The number of rotatable bonds is 7. The number of carbonyl (C=O) groups is 1. The number of hydrogen-bond donors (Lipinski definition) is 0. The lowest BCUT2D eigenvalue weighted by Crippen LogP contribution is -2.44. The first-order valence-corrected chi connectivity index (χ1v) is 13.4. The number of aromatic nitrogens is 1. The van der Waals surface area contributed by atoms with Crippen LogP contribution < -0.4 is 9.64 Å². The molecule has 2 aromatic carbocycles. The average Bonchev–Trinajstić information content (AvgIpc) is 3.20. The van der Waals surface area contributed by atoms with E-state index >= 15 is 0 Å². The Morgan fingerprint density at radius 1 is 1.19 bits per heavy atom. The minimum Gasteiger partial charge on any atom is -0.494 e. The average molecular weight is 474 g/mol. The summed E-state index contributed by atoms with van der Waals surface area (Å²) in [7, 11) is -3.24. The molecule has 7 nitrogen and oxygen atoms in total. The van der Waals surface area contributed by atoms with Gasteiger partial charge in [0.25, 0.3) is 0 Å². The Bertz CT molecular complexity index is 1190. The highest BCUT2D eigenvalue weighted by Crippen LogP contribution is 2.34. The molecule has 1 aliphatic heterocycles. The fraction of sp³-hybridized carbons (Fsp3) is 0.391. The predicted octanol–water partition coefficient (Wildman–Crippen LogP) is 3.90. The van der Waals surface area contributed by atoms with Gasteiger partial charge in [-0.1, -0.05) is 41.7 Å². The zero-order valence-corrected chi connectivity index (χ0v) is 19.9. The minimum atomic E-state index is -3.24. The molecule has 0 bridgehead atoms. The Morgan fingerprint density at radius 3 is 2.56 bits per heavy atom. The molecular formula is C23H27N3O4S2. The molecule has 0 aliphatic carbocycles. The molecule has 3 aromatic rings. The van der Waals surface area contributed by atoms with Gasteiger partial charge in [-0.2, -0.15) is 0 Å². The van der Waals surface area contributed by atoms with E-state index < -0.39 is 10.0 Å². The molecule has 32 heavy (non-hydrogen) atoms. The van der Waals surface area contributed by atoms with Gasteiger partial charge in [-0.25, -0.2) is 17.7 Å². The second-order valence-corrected chi connectivity index (χ2v) is 10.9. The van der Waals surface area contributed by atoms with Crippen LogP contribution >= 0.6 is 11.3 Å². The Kier molecular flexibility index (Phi) is 6.78. The molecule has 0 spiro atoms. The number of anilines is 1. The normalized spacial score (nSPS) is 15.7. The lowest BCUT2D eigenvalue weighted by Gasteiger charge is -2.32. The van der Waals surface area contributed by atoms with Gasteiger partial charge in [-0.3, -0.25) is 9.69 Å². The van der Waals surface area contributed by atoms with E-state index in [-0.39, 0.29) is 11.8 Å². The van der Waals surface area contributed by atoms with Crippen LogP contribution in [-0.4, -0.2) is 49.6 Å². The van der Waals surface area contributed by atoms with E-state index in [1.807, 2.05) is 55.5 Å². The quantitative estimate of drug-likeness (QED) is 0.520. The van der Waals surface area contributed by atoms with E-state index in [1.54, 1.807) is 4.90 Å². The SMILES string of the molecule is CCOc1ccc2nc(N(Cc3ccccc3)C(=O)C3CCN(S(C)(=O)=O)CC3)sc2c1. The van der Waals surface area contributed by atoms with E-state index in [1.165, 1.54) is 21.9 Å². The van der Waals surface area contributed by atoms with Crippen LogP contribution in [0.2, 0.25) is 0 Å². The predicted molar refractivity (Wildman–Crippen MR) is 128 cm³/mol. The number of fused-ring (bicyclic) bond motifs is 1. The van der Waals surface area contributed by atoms with Gasteiger partial charge in [-0.05, 0) is 43.5 Å². The standard InChI is InChI=1S/C23H27N3O4S2/c1-3-30-19-9-10-20-21(15-19)31-23(24-20)26(16-17-7-5-4-6-8-17)22(27)18-11-13-25(14-12-18)32(2,28)29/h4-10,15,18H,3,11-14,16H2,1-2H3. The molecule has 0 unspecified atom stereocenters. The topological polar surface area (TPSA) is 79.8 Å². The monoisotopic (exact) mass is 473 g/mol. The molecule has 1 aromatic heterocycles. The largest absolute Gasteiger partial charge is 0.494 e. The third kappa shape index (κ3) is 5.11. The van der Waals surface area contributed by atoms with E-state index in [2.05, 4.69) is 0 Å². The van der Waals surface area contributed by atoms with Gasteiger partial charge in [0, 0.05) is 19.0 Å². The molecule has 1 aliphatic rings.